The van der Waals surface area contributed by atoms with Crippen molar-refractivity contribution in [2.45, 2.75) is 18.9 Å². The molecule has 1 saturated heterocycles. The SMILES string of the molecule is COC(=O)C1CCN([C@H](C(=O)O)c2c[nH]c3cc(Cl)ccc23)CC1. The van der Waals surface area contributed by atoms with E-state index < -0.39 is 12.0 Å². The number of carboxylic acid groups (broad SMARTS) is 1. The summed E-state index contributed by atoms with van der Waals surface area (Å²) in [5, 5.41) is 11.2. The van der Waals surface area contributed by atoms with Crippen LogP contribution in [0.3, 0.4) is 0 Å². The van der Waals surface area contributed by atoms with E-state index in [1.54, 1.807) is 18.3 Å². The summed E-state index contributed by atoms with van der Waals surface area (Å²) in [7, 11) is 1.38. The molecule has 2 aromatic rings. The molecule has 0 unspecified atom stereocenters. The number of piperidine rings is 1. The summed E-state index contributed by atoms with van der Waals surface area (Å²) in [6, 6.07) is 4.62. The normalized spacial score (nSPS) is 17.8. The maximum Gasteiger partial charge on any atom is 0.325 e. The molecule has 1 atom stereocenters. The number of fused-ring (bicyclic) bond motifs is 1. The van der Waals surface area contributed by atoms with E-state index in [1.807, 2.05) is 11.0 Å². The summed E-state index contributed by atoms with van der Waals surface area (Å²) in [6.07, 6.45) is 2.93. The summed E-state index contributed by atoms with van der Waals surface area (Å²) in [5.74, 6) is -1.27. The van der Waals surface area contributed by atoms with E-state index in [4.69, 9.17) is 16.3 Å². The number of methoxy groups -OCH3 is 1. The molecule has 0 radical (unpaired) electrons. The Bertz CT molecular complexity index is 765. The molecule has 0 bridgehead atoms. The van der Waals surface area contributed by atoms with Crippen molar-refractivity contribution < 1.29 is 19.4 Å². The Balaban J connectivity index is 1.85. The van der Waals surface area contributed by atoms with Gasteiger partial charge in [-0.15, -0.1) is 0 Å². The van der Waals surface area contributed by atoms with Crippen molar-refractivity contribution >= 4 is 34.4 Å². The van der Waals surface area contributed by atoms with E-state index in [0.717, 1.165) is 10.9 Å². The molecule has 2 N–H and O–H groups in total. The molecule has 2 heterocycles. The molecular weight excluding hydrogens is 332 g/mol. The minimum Gasteiger partial charge on any atom is -0.480 e. The highest BCUT2D eigenvalue weighted by Crippen LogP contribution is 2.33. The molecular formula is C17H19ClN2O4. The molecule has 0 amide bonds. The Hall–Kier alpha value is -2.05. The van der Waals surface area contributed by atoms with Crippen LogP contribution in [0.4, 0.5) is 0 Å². The van der Waals surface area contributed by atoms with Gasteiger partial charge >= 0.3 is 11.9 Å². The third kappa shape index (κ3) is 3.12. The highest BCUT2D eigenvalue weighted by Gasteiger charge is 2.34. The minimum absolute atomic E-state index is 0.150. The van der Waals surface area contributed by atoms with Gasteiger partial charge in [-0.2, -0.15) is 0 Å². The fraction of sp³-hybridized carbons (Fsp3) is 0.412. The quantitative estimate of drug-likeness (QED) is 0.828. The zero-order valence-corrected chi connectivity index (χ0v) is 14.0. The van der Waals surface area contributed by atoms with E-state index in [0.29, 0.717) is 36.5 Å². The number of likely N-dealkylation sites (tertiary alicyclic amines) is 1. The first-order chi connectivity index (χ1) is 11.5. The molecule has 1 aliphatic heterocycles. The zero-order chi connectivity index (χ0) is 17.3. The molecule has 0 aliphatic carbocycles. The number of esters is 1. The number of aromatic amines is 1. The number of aliphatic carboxylic acids is 1. The molecule has 1 fully saturated rings. The van der Waals surface area contributed by atoms with Gasteiger partial charge in [0.25, 0.3) is 0 Å². The van der Waals surface area contributed by atoms with Crippen LogP contribution in [0.25, 0.3) is 10.9 Å². The Labute approximate surface area is 144 Å². The lowest BCUT2D eigenvalue weighted by atomic mass is 9.94. The molecule has 3 rings (SSSR count). The van der Waals surface area contributed by atoms with E-state index in [-0.39, 0.29) is 11.9 Å². The van der Waals surface area contributed by atoms with E-state index in [2.05, 4.69) is 4.98 Å². The summed E-state index contributed by atoms with van der Waals surface area (Å²) >= 11 is 5.99. The number of aromatic nitrogens is 1. The number of benzene rings is 1. The first-order valence-electron chi connectivity index (χ1n) is 7.82. The van der Waals surface area contributed by atoms with Crippen molar-refractivity contribution in [2.75, 3.05) is 20.2 Å². The Morgan fingerprint density at radius 1 is 1.38 bits per heavy atom. The number of carbonyl (C=O) groups excluding carboxylic acids is 1. The average molecular weight is 351 g/mol. The smallest absolute Gasteiger partial charge is 0.325 e. The maximum atomic E-state index is 11.9. The van der Waals surface area contributed by atoms with Crippen LogP contribution in [-0.4, -0.2) is 47.1 Å². The molecule has 6 nitrogen and oxygen atoms in total. The van der Waals surface area contributed by atoms with Gasteiger partial charge in [-0.3, -0.25) is 14.5 Å². The summed E-state index contributed by atoms with van der Waals surface area (Å²) < 4.78 is 4.78. The van der Waals surface area contributed by atoms with Gasteiger partial charge in [0, 0.05) is 40.8 Å². The number of carboxylic acids is 1. The van der Waals surface area contributed by atoms with Gasteiger partial charge in [-0.25, -0.2) is 0 Å². The Kier molecular flexibility index (Phi) is 4.78. The fourth-order valence-electron chi connectivity index (χ4n) is 3.39. The number of carbonyl (C=O) groups is 2. The Morgan fingerprint density at radius 2 is 2.08 bits per heavy atom. The number of hydrogen-bond donors (Lipinski definition) is 2. The number of H-pyrrole nitrogens is 1. The fourth-order valence-corrected chi connectivity index (χ4v) is 3.57. The zero-order valence-electron chi connectivity index (χ0n) is 13.3. The Morgan fingerprint density at radius 3 is 2.71 bits per heavy atom. The molecule has 128 valence electrons. The monoisotopic (exact) mass is 350 g/mol. The predicted octanol–water partition coefficient (Wildman–Crippen LogP) is 2.83. The van der Waals surface area contributed by atoms with Crippen LogP contribution < -0.4 is 0 Å². The number of hydrogen-bond acceptors (Lipinski definition) is 4. The second-order valence-corrected chi connectivity index (χ2v) is 6.44. The molecule has 1 aromatic carbocycles. The van der Waals surface area contributed by atoms with Crippen molar-refractivity contribution in [1.29, 1.82) is 0 Å². The summed E-state index contributed by atoms with van der Waals surface area (Å²) in [5.41, 5.74) is 1.53. The van der Waals surface area contributed by atoms with Crippen LogP contribution in [-0.2, 0) is 14.3 Å². The van der Waals surface area contributed by atoms with Crippen molar-refractivity contribution in [3.8, 4) is 0 Å². The highest BCUT2D eigenvalue weighted by molar-refractivity contribution is 6.31. The number of nitrogens with one attached hydrogen (secondary N) is 1. The van der Waals surface area contributed by atoms with Gasteiger partial charge in [0.05, 0.1) is 13.0 Å². The molecule has 0 spiro atoms. The summed E-state index contributed by atoms with van der Waals surface area (Å²) in [6.45, 7) is 1.08. The van der Waals surface area contributed by atoms with Gasteiger partial charge in [-0.1, -0.05) is 17.7 Å². The third-order valence-corrected chi connectivity index (χ3v) is 4.87. The number of ether oxygens (including phenoxy) is 1. The van der Waals surface area contributed by atoms with Crippen LogP contribution in [0.15, 0.2) is 24.4 Å². The van der Waals surface area contributed by atoms with E-state index >= 15 is 0 Å². The van der Waals surface area contributed by atoms with Crippen LogP contribution in [0.5, 0.6) is 0 Å². The minimum atomic E-state index is -0.901. The van der Waals surface area contributed by atoms with Gasteiger partial charge < -0.3 is 14.8 Å². The van der Waals surface area contributed by atoms with Crippen LogP contribution in [0.1, 0.15) is 24.4 Å². The predicted molar refractivity (Wildman–Crippen MR) is 90.0 cm³/mol. The van der Waals surface area contributed by atoms with E-state index in [9.17, 15) is 14.7 Å². The second kappa shape index (κ2) is 6.83. The van der Waals surface area contributed by atoms with Gasteiger partial charge in [0.1, 0.15) is 6.04 Å². The topological polar surface area (TPSA) is 82.6 Å². The lowest BCUT2D eigenvalue weighted by Gasteiger charge is -2.34. The number of halogens is 1. The highest BCUT2D eigenvalue weighted by atomic mass is 35.5. The van der Waals surface area contributed by atoms with Crippen LogP contribution in [0, 0.1) is 5.92 Å². The van der Waals surface area contributed by atoms with Gasteiger partial charge in [0.15, 0.2) is 0 Å². The first kappa shape index (κ1) is 16.8. The number of rotatable bonds is 4. The standard InChI is InChI=1S/C17H19ClN2O4/c1-24-17(23)10-4-6-20(7-5-10)15(16(21)22)13-9-19-14-8-11(18)2-3-12(13)14/h2-3,8-10,15,19H,4-7H2,1H3,(H,21,22)/t15-/m0/s1. The second-order valence-electron chi connectivity index (χ2n) is 6.01. The largest absolute Gasteiger partial charge is 0.480 e. The maximum absolute atomic E-state index is 11.9. The van der Waals surface area contributed by atoms with Crippen molar-refractivity contribution in [2.24, 2.45) is 5.92 Å². The van der Waals surface area contributed by atoms with Gasteiger partial charge in [0.2, 0.25) is 0 Å². The average Bonchev–Trinajstić information content (AvgIpc) is 2.97. The number of nitrogens with zero attached hydrogens (tertiary/aromatic N) is 1. The molecule has 1 aromatic heterocycles. The lowest BCUT2D eigenvalue weighted by molar-refractivity contribution is -0.148. The third-order valence-electron chi connectivity index (χ3n) is 4.63. The molecule has 7 heteroatoms. The lowest BCUT2D eigenvalue weighted by Crippen LogP contribution is -2.41. The van der Waals surface area contributed by atoms with Crippen LogP contribution >= 0.6 is 11.6 Å². The molecule has 24 heavy (non-hydrogen) atoms. The van der Waals surface area contributed by atoms with Gasteiger partial charge in [-0.05, 0) is 25.0 Å². The summed E-state index contributed by atoms with van der Waals surface area (Å²) in [4.78, 5) is 28.5. The molecule has 1 aliphatic rings. The first-order valence-corrected chi connectivity index (χ1v) is 8.20. The molecule has 0 saturated carbocycles. The van der Waals surface area contributed by atoms with Crippen molar-refractivity contribution in [1.82, 2.24) is 9.88 Å². The van der Waals surface area contributed by atoms with E-state index in [1.165, 1.54) is 7.11 Å². The van der Waals surface area contributed by atoms with Crippen LogP contribution in [0.2, 0.25) is 5.02 Å². The van der Waals surface area contributed by atoms with Crippen molar-refractivity contribution in [3.63, 3.8) is 0 Å². The van der Waals surface area contributed by atoms with Crippen molar-refractivity contribution in [3.05, 3.63) is 35.0 Å².